The molecule has 0 spiro atoms. The molecule has 2 amide bonds. The molecule has 0 atom stereocenters. The Labute approximate surface area is 159 Å². The quantitative estimate of drug-likeness (QED) is 0.738. The van der Waals surface area contributed by atoms with E-state index in [9.17, 15) is 9.59 Å². The monoisotopic (exact) mass is 367 g/mol. The number of anilines is 2. The van der Waals surface area contributed by atoms with E-state index in [-0.39, 0.29) is 18.4 Å². The number of allylic oxidation sites excluding steroid dienone is 1. The summed E-state index contributed by atoms with van der Waals surface area (Å²) < 4.78 is 5.12. The van der Waals surface area contributed by atoms with Crippen LogP contribution >= 0.6 is 0 Å². The van der Waals surface area contributed by atoms with E-state index in [4.69, 9.17) is 4.74 Å². The lowest BCUT2D eigenvalue weighted by atomic mass is 10.1. The number of nitrogens with zero attached hydrogens (tertiary/aromatic N) is 1. The molecule has 142 valence electrons. The minimum Gasteiger partial charge on any atom is -0.497 e. The Hall–Kier alpha value is -3.28. The Morgan fingerprint density at radius 3 is 2.22 bits per heavy atom. The molecule has 0 bridgehead atoms. The summed E-state index contributed by atoms with van der Waals surface area (Å²) in [5.74, 6) is 0.157. The molecule has 2 rings (SSSR count). The standard InChI is InChI=1S/C21H25N3O3/c1-15(16-5-11-19(27-4)12-6-16)13-20(25)22-14-21(26)23-17-7-9-18(10-8-17)24(2)3/h5-13H,14H2,1-4H3,(H,22,25)(H,23,26)/b15-13+. The molecule has 0 aliphatic rings. The molecule has 6 nitrogen and oxygen atoms in total. The number of hydrogen-bond acceptors (Lipinski definition) is 4. The zero-order valence-electron chi connectivity index (χ0n) is 16.1. The van der Waals surface area contributed by atoms with Crippen LogP contribution in [0.3, 0.4) is 0 Å². The van der Waals surface area contributed by atoms with Crippen molar-refractivity contribution in [1.29, 1.82) is 0 Å². The third-order valence-corrected chi connectivity index (χ3v) is 3.98. The first-order chi connectivity index (χ1) is 12.9. The van der Waals surface area contributed by atoms with Crippen molar-refractivity contribution < 1.29 is 14.3 Å². The lowest BCUT2D eigenvalue weighted by Crippen LogP contribution is -2.31. The van der Waals surface area contributed by atoms with Gasteiger partial charge in [-0.1, -0.05) is 12.1 Å². The van der Waals surface area contributed by atoms with E-state index in [0.29, 0.717) is 5.69 Å². The number of rotatable bonds is 7. The van der Waals surface area contributed by atoms with Crippen molar-refractivity contribution in [3.63, 3.8) is 0 Å². The van der Waals surface area contributed by atoms with Crippen LogP contribution in [-0.4, -0.2) is 39.6 Å². The zero-order chi connectivity index (χ0) is 19.8. The zero-order valence-corrected chi connectivity index (χ0v) is 16.1. The lowest BCUT2D eigenvalue weighted by Gasteiger charge is -2.13. The first kappa shape index (κ1) is 20.0. The Morgan fingerprint density at radius 1 is 1.04 bits per heavy atom. The molecule has 0 saturated heterocycles. The number of carbonyl (C=O) groups excluding carboxylic acids is 2. The fraction of sp³-hybridized carbons (Fsp3) is 0.238. The van der Waals surface area contributed by atoms with Gasteiger partial charge in [0.25, 0.3) is 0 Å². The number of hydrogen-bond donors (Lipinski definition) is 2. The first-order valence-corrected chi connectivity index (χ1v) is 8.57. The van der Waals surface area contributed by atoms with Gasteiger partial charge in [-0.2, -0.15) is 0 Å². The van der Waals surface area contributed by atoms with Crippen molar-refractivity contribution in [2.24, 2.45) is 0 Å². The van der Waals surface area contributed by atoms with Gasteiger partial charge in [-0.05, 0) is 54.5 Å². The van der Waals surface area contributed by atoms with Crippen molar-refractivity contribution in [3.05, 3.63) is 60.2 Å². The van der Waals surface area contributed by atoms with Crippen molar-refractivity contribution in [3.8, 4) is 5.75 Å². The van der Waals surface area contributed by atoms with Crippen LogP contribution in [0, 0.1) is 0 Å². The molecule has 2 N–H and O–H groups in total. The smallest absolute Gasteiger partial charge is 0.244 e. The summed E-state index contributed by atoms with van der Waals surface area (Å²) in [5.41, 5.74) is 3.44. The number of nitrogens with one attached hydrogen (secondary N) is 2. The average molecular weight is 367 g/mol. The van der Waals surface area contributed by atoms with Crippen LogP contribution in [-0.2, 0) is 9.59 Å². The third kappa shape index (κ3) is 6.18. The first-order valence-electron chi connectivity index (χ1n) is 8.57. The van der Waals surface area contributed by atoms with Crippen LogP contribution in [0.4, 0.5) is 11.4 Å². The van der Waals surface area contributed by atoms with E-state index < -0.39 is 0 Å². The molecule has 0 unspecified atom stereocenters. The van der Waals surface area contributed by atoms with Crippen LogP contribution in [0.25, 0.3) is 5.57 Å². The van der Waals surface area contributed by atoms with Crippen molar-refractivity contribution in [1.82, 2.24) is 5.32 Å². The van der Waals surface area contributed by atoms with Crippen molar-refractivity contribution in [2.45, 2.75) is 6.92 Å². The summed E-state index contributed by atoms with van der Waals surface area (Å²) in [6, 6.07) is 14.9. The van der Waals surface area contributed by atoms with Gasteiger partial charge in [-0.3, -0.25) is 9.59 Å². The highest BCUT2D eigenvalue weighted by molar-refractivity contribution is 5.99. The molecular weight excluding hydrogens is 342 g/mol. The minimum absolute atomic E-state index is 0.0966. The fourth-order valence-corrected chi connectivity index (χ4v) is 2.40. The van der Waals surface area contributed by atoms with Crippen molar-refractivity contribution >= 4 is 28.8 Å². The predicted octanol–water partition coefficient (Wildman–Crippen LogP) is 2.92. The van der Waals surface area contributed by atoms with Gasteiger partial charge in [0, 0.05) is 31.5 Å². The lowest BCUT2D eigenvalue weighted by molar-refractivity contribution is -0.121. The number of carbonyl (C=O) groups is 2. The summed E-state index contributed by atoms with van der Waals surface area (Å²) in [6.45, 7) is 1.74. The van der Waals surface area contributed by atoms with Crippen molar-refractivity contribution in [2.75, 3.05) is 38.0 Å². The van der Waals surface area contributed by atoms with E-state index in [0.717, 1.165) is 22.6 Å². The topological polar surface area (TPSA) is 70.7 Å². The van der Waals surface area contributed by atoms with Gasteiger partial charge in [-0.25, -0.2) is 0 Å². The molecule has 6 heteroatoms. The average Bonchev–Trinajstić information content (AvgIpc) is 2.67. The second-order valence-electron chi connectivity index (χ2n) is 6.26. The van der Waals surface area contributed by atoms with Gasteiger partial charge in [0.05, 0.1) is 13.7 Å². The summed E-state index contributed by atoms with van der Waals surface area (Å²) in [6.07, 6.45) is 1.47. The largest absolute Gasteiger partial charge is 0.497 e. The minimum atomic E-state index is -0.318. The van der Waals surface area contributed by atoms with Gasteiger partial charge in [0.2, 0.25) is 11.8 Å². The normalized spacial score (nSPS) is 10.9. The highest BCUT2D eigenvalue weighted by atomic mass is 16.5. The van der Waals surface area contributed by atoms with E-state index in [1.165, 1.54) is 6.08 Å². The maximum Gasteiger partial charge on any atom is 0.244 e. The van der Waals surface area contributed by atoms with Gasteiger partial charge in [0.1, 0.15) is 5.75 Å². The molecule has 0 fully saturated rings. The molecule has 0 aliphatic carbocycles. The summed E-state index contributed by atoms with van der Waals surface area (Å²) >= 11 is 0. The summed E-state index contributed by atoms with van der Waals surface area (Å²) in [5, 5.41) is 5.35. The van der Waals surface area contributed by atoms with Crippen LogP contribution in [0.2, 0.25) is 0 Å². The number of ether oxygens (including phenoxy) is 1. The van der Waals surface area contributed by atoms with Gasteiger partial charge >= 0.3 is 0 Å². The van der Waals surface area contributed by atoms with Crippen LogP contribution in [0.15, 0.2) is 54.6 Å². The summed E-state index contributed by atoms with van der Waals surface area (Å²) in [7, 11) is 5.50. The molecule has 0 radical (unpaired) electrons. The Morgan fingerprint density at radius 2 is 1.67 bits per heavy atom. The van der Waals surface area contributed by atoms with E-state index in [2.05, 4.69) is 10.6 Å². The molecule has 2 aromatic rings. The van der Waals surface area contributed by atoms with Crippen LogP contribution < -0.4 is 20.3 Å². The molecule has 0 aliphatic heterocycles. The van der Waals surface area contributed by atoms with E-state index in [1.807, 2.05) is 74.4 Å². The number of benzene rings is 2. The molecule has 2 aromatic carbocycles. The predicted molar refractivity (Wildman–Crippen MR) is 109 cm³/mol. The van der Waals surface area contributed by atoms with Crippen LogP contribution in [0.1, 0.15) is 12.5 Å². The van der Waals surface area contributed by atoms with Gasteiger partial charge < -0.3 is 20.3 Å². The SMILES string of the molecule is COc1ccc(/C(C)=C/C(=O)NCC(=O)Nc2ccc(N(C)C)cc2)cc1. The maximum absolute atomic E-state index is 12.0. The van der Waals surface area contributed by atoms with E-state index >= 15 is 0 Å². The molecule has 27 heavy (non-hydrogen) atoms. The summed E-state index contributed by atoms with van der Waals surface area (Å²) in [4.78, 5) is 26.0. The highest BCUT2D eigenvalue weighted by Gasteiger charge is 2.06. The fourth-order valence-electron chi connectivity index (χ4n) is 2.40. The second kappa shape index (κ2) is 9.43. The molecule has 0 aromatic heterocycles. The van der Waals surface area contributed by atoms with Crippen LogP contribution in [0.5, 0.6) is 5.75 Å². The van der Waals surface area contributed by atoms with Gasteiger partial charge in [-0.15, -0.1) is 0 Å². The third-order valence-electron chi connectivity index (χ3n) is 3.98. The molecular formula is C21H25N3O3. The number of methoxy groups -OCH3 is 1. The Balaban J connectivity index is 1.85. The maximum atomic E-state index is 12.0. The second-order valence-corrected chi connectivity index (χ2v) is 6.26. The number of amides is 2. The van der Waals surface area contributed by atoms with Gasteiger partial charge in [0.15, 0.2) is 0 Å². The highest BCUT2D eigenvalue weighted by Crippen LogP contribution is 2.18. The Kier molecular flexibility index (Phi) is 7.00. The van der Waals surface area contributed by atoms with E-state index in [1.54, 1.807) is 7.11 Å². The molecule has 0 heterocycles. The molecule has 0 saturated carbocycles. The Bertz CT molecular complexity index is 810.